The maximum Gasteiger partial charge on any atom is 0.333 e. The lowest BCUT2D eigenvalue weighted by Crippen LogP contribution is -2.32. The largest absolute Gasteiger partial charge is 0.497 e. The molecule has 6 aliphatic carbocycles. The molecule has 1 saturated heterocycles. The van der Waals surface area contributed by atoms with Crippen LogP contribution in [0.5, 0.6) is 5.75 Å². The molecule has 1 aromatic carbocycles. The van der Waals surface area contributed by atoms with E-state index in [0.717, 1.165) is 170 Å². The number of methoxy groups -OCH3 is 1. The van der Waals surface area contributed by atoms with E-state index in [9.17, 15) is 45.7 Å². The minimum Gasteiger partial charge on any atom is -0.497 e. The number of aryl methyl sites for hydroxylation is 6. The number of aromatic nitrogens is 18. The lowest BCUT2D eigenvalue weighted by atomic mass is 9.96. The molecule has 708 valence electrons. The predicted molar refractivity (Wildman–Crippen MR) is 498 cm³/mol. The van der Waals surface area contributed by atoms with Crippen LogP contribution in [-0.4, -0.2) is 191 Å². The summed E-state index contributed by atoms with van der Waals surface area (Å²) in [4.78, 5) is 51.8. The van der Waals surface area contributed by atoms with Gasteiger partial charge in [0.15, 0.2) is 6.29 Å². The van der Waals surface area contributed by atoms with Crippen LogP contribution in [0.3, 0.4) is 0 Å². The second kappa shape index (κ2) is 42.8. The number of aliphatic hydroxyl groups excluding tert-OH is 4. The lowest BCUT2D eigenvalue weighted by molar-refractivity contribution is -0.233. The molecule has 1 aliphatic heterocycles. The maximum absolute atomic E-state index is 11.0. The summed E-state index contributed by atoms with van der Waals surface area (Å²) in [6.07, 6.45) is 33.4. The molecule has 7 fully saturated rings. The first-order chi connectivity index (χ1) is 62.0. The number of halogens is 1. The van der Waals surface area contributed by atoms with Gasteiger partial charge in [0, 0.05) is 153 Å². The van der Waals surface area contributed by atoms with Crippen molar-refractivity contribution in [2.45, 2.75) is 221 Å². The van der Waals surface area contributed by atoms with Crippen LogP contribution in [0, 0.1) is 94.8 Å². The van der Waals surface area contributed by atoms with Crippen LogP contribution < -0.4 is 20.2 Å². The molecule has 0 spiro atoms. The Morgan fingerprint density at radius 1 is 0.405 bits per heavy atom. The van der Waals surface area contributed by atoms with E-state index >= 15 is 0 Å². The smallest absolute Gasteiger partial charge is 0.333 e. The third-order valence-corrected chi connectivity index (χ3v) is 28.5. The van der Waals surface area contributed by atoms with E-state index in [-0.39, 0.29) is 75.5 Å². The number of aliphatic hydroxyl groups is 4. The van der Waals surface area contributed by atoms with Crippen molar-refractivity contribution in [1.82, 2.24) is 87.2 Å². The molecule has 0 radical (unpaired) electrons. The molecule has 131 heavy (non-hydrogen) atoms. The standard InChI is InChI=1S/C21H23N3O3.C15H21N3.C14H20N4O3S.C14H19N3O.C13H18N4O4S.C13H17N3O2.CH4.ClH2NO2S/c1-13-18-7-8-24(20(18)23-12-22-13)16-9-15-11-26-21(27-19(15)10-16)14-3-5-17(25-2)6-4-14;1-4-12-8-13(7-10(12)2)18-6-5-14-11(3)16-9-17-15(14)18;1-9-5-12(6-11(9)7-21-22(15,19)20)18-4-3-13-10(2)16-8-17-14(13)18;1-9-5-12(6-11(9)7-18)17-4-3-13-10(2)15-8-16-14(13)17;1-8-11-2-3-17(13(11)16-7-15-8)10-4-9(12(18)5-10)6-21-22(14,19)20;1-8-11-2-3-16(13(11)15-7-14-8)10-4-9(6-17)12(18)5-10;;1-5(2,3)4/h3-8,12,15-16,19,21H,9-11H2,1-2H3;5-6,9-10,12-13H,4,7-8H2,1-3H3;3-4,8-9,11-12H,5-7H2,1-2H3,(H2,15,19,20);3-4,8-9,11-12,18H,5-7H2,1-2H3;2-3,7,9-10,12,18H,4-6H2,1H3,(H2,14,19,20);2-3,7,9-10,12,17-18H,4-6H2,1H3;1H4;(H2,2,3,4)/t15-,16+,19-,21?;10-,12+,13-;2*9-,11-,12-;2*9-,10+,12-;;/m000000../s1. The monoisotopic (exact) mass is 1880 g/mol. The summed E-state index contributed by atoms with van der Waals surface area (Å²) < 4.78 is 102. The SMILES string of the molecule is C.CC[C@@H]1C[C@@H](n2ccc3c(C)ncnc32)C[C@@H]1C.COc1ccc(C2OC[C@@H]3C[C@@H](n4ccc5c(C)ncnc54)C[C@@H]3O2)cc1.Cc1ncnc2c1ccn2[C@@H]1C[C@@H](CO)[C@@H](C)C1.Cc1ncnc2c1ccn2[C@@H]1C[C@@H](CO)[C@@H](O)C1.Cc1ncnc2c1ccn2[C@@H]1C[C@@H](COS(N)(=O)=O)[C@@H](C)C1.Cc1ncnc2c1ccn2[C@@H]1C[C@@H](COS(N)(=O)=O)[C@@H](O)C1.NS(=O)(=O)Cl. The summed E-state index contributed by atoms with van der Waals surface area (Å²) in [6, 6.07) is 22.3. The van der Waals surface area contributed by atoms with Crippen molar-refractivity contribution >= 4 is 107 Å². The van der Waals surface area contributed by atoms with Gasteiger partial charge in [-0.3, -0.25) is 8.37 Å². The van der Waals surface area contributed by atoms with Crippen molar-refractivity contribution in [3.8, 4) is 5.75 Å². The molecule has 12 aromatic heterocycles. The predicted octanol–water partition coefficient (Wildman–Crippen LogP) is 12.8. The first kappa shape index (κ1) is 98.9. The van der Waals surface area contributed by atoms with Gasteiger partial charge in [0.1, 0.15) is 77.6 Å². The van der Waals surface area contributed by atoms with Crippen LogP contribution in [-0.2, 0) is 47.7 Å². The van der Waals surface area contributed by atoms with Crippen molar-refractivity contribution in [3.05, 3.63) is 176 Å². The number of hydrogen-bond donors (Lipinski definition) is 7. The third-order valence-electron chi connectivity index (χ3n) is 27.6. The van der Waals surface area contributed by atoms with E-state index in [1.807, 2.05) is 100 Å². The van der Waals surface area contributed by atoms with E-state index in [4.69, 9.17) is 28.7 Å². The quantitative estimate of drug-likeness (QED) is 0.0416. The van der Waals surface area contributed by atoms with Crippen LogP contribution in [0.4, 0.5) is 0 Å². The van der Waals surface area contributed by atoms with E-state index in [1.165, 1.54) is 31.0 Å². The highest BCUT2D eigenvalue weighted by Gasteiger charge is 2.43. The molecule has 7 aliphatic rings. The molecule has 1 unspecified atom stereocenters. The van der Waals surface area contributed by atoms with E-state index in [0.29, 0.717) is 67.7 Å². The van der Waals surface area contributed by atoms with Gasteiger partial charge in [-0.2, -0.15) is 25.3 Å². The number of nitrogens with zero attached hydrogens (tertiary/aromatic N) is 18. The Kier molecular flexibility index (Phi) is 32.3. The second-order valence-electron chi connectivity index (χ2n) is 35.8. The molecule has 6 saturated carbocycles. The fourth-order valence-corrected chi connectivity index (χ4v) is 21.0. The topological polar surface area (TPSA) is 492 Å². The number of ether oxygens (including phenoxy) is 3. The second-order valence-corrected chi connectivity index (χ2v) is 40.5. The Hall–Kier alpha value is -9.56. The van der Waals surface area contributed by atoms with Crippen LogP contribution in [0.2, 0.25) is 0 Å². The number of rotatable bonds is 17. The molecule has 36 nitrogen and oxygen atoms in total. The average molecular weight is 1880 g/mol. The van der Waals surface area contributed by atoms with E-state index < -0.39 is 42.1 Å². The van der Waals surface area contributed by atoms with Crippen LogP contribution in [0.1, 0.15) is 201 Å². The molecular formula is C91H124ClN21O15S3. The summed E-state index contributed by atoms with van der Waals surface area (Å²) >= 11 is 0. The zero-order valence-electron chi connectivity index (χ0n) is 75.1. The molecular weight excluding hydrogens is 1760 g/mol. The number of fused-ring (bicyclic) bond motifs is 7. The third kappa shape index (κ3) is 23.6. The van der Waals surface area contributed by atoms with Gasteiger partial charge in [-0.1, -0.05) is 53.7 Å². The van der Waals surface area contributed by atoms with Crippen molar-refractivity contribution in [2.75, 3.05) is 40.1 Å². The van der Waals surface area contributed by atoms with Crippen molar-refractivity contribution in [3.63, 3.8) is 0 Å². The molecule has 19 atom stereocenters. The van der Waals surface area contributed by atoms with E-state index in [2.05, 4.69) is 174 Å². The van der Waals surface area contributed by atoms with Gasteiger partial charge < -0.3 is 62.0 Å². The van der Waals surface area contributed by atoms with Gasteiger partial charge in [0.2, 0.25) is 0 Å². The van der Waals surface area contributed by atoms with Crippen molar-refractivity contribution in [1.29, 1.82) is 0 Å². The van der Waals surface area contributed by atoms with Gasteiger partial charge in [-0.15, -0.1) is 0 Å². The minimum atomic E-state index is -3.99. The Morgan fingerprint density at radius 2 is 0.695 bits per heavy atom. The van der Waals surface area contributed by atoms with Gasteiger partial charge in [-0.05, 0) is 203 Å². The zero-order chi connectivity index (χ0) is 92.8. The Balaban J connectivity index is 0.000000133. The highest BCUT2D eigenvalue weighted by Crippen LogP contribution is 2.48. The number of nitrogens with two attached hydrogens (primary N) is 3. The summed E-state index contributed by atoms with van der Waals surface area (Å²) in [5.41, 5.74) is 12.8. The van der Waals surface area contributed by atoms with Gasteiger partial charge in [-0.25, -0.2) is 75.2 Å². The summed E-state index contributed by atoms with van der Waals surface area (Å²) in [5, 5.41) is 59.0. The molecule has 20 rings (SSSR count). The first-order valence-corrected chi connectivity index (χ1v) is 49.6. The van der Waals surface area contributed by atoms with Gasteiger partial charge in [0.25, 0.3) is 9.24 Å². The molecule has 13 heterocycles. The fourth-order valence-electron chi connectivity index (χ4n) is 20.3. The average Bonchev–Trinajstić information content (AvgIpc) is 1.62. The van der Waals surface area contributed by atoms with Crippen LogP contribution in [0.15, 0.2) is 136 Å². The normalized spacial score (nSPS) is 26.4. The highest BCUT2D eigenvalue weighted by molar-refractivity contribution is 8.11. The summed E-state index contributed by atoms with van der Waals surface area (Å²) in [5.74, 6) is 4.22. The minimum absolute atomic E-state index is 0. The summed E-state index contributed by atoms with van der Waals surface area (Å²) in [6.45, 7) is 22.1. The van der Waals surface area contributed by atoms with Gasteiger partial charge in [0.05, 0.1) is 79.4 Å². The van der Waals surface area contributed by atoms with Crippen LogP contribution in [0.25, 0.3) is 66.2 Å². The molecule has 0 bridgehead atoms. The Labute approximate surface area is 768 Å². The number of hydrogen-bond acceptors (Lipinski definition) is 27. The maximum atomic E-state index is 11.0. The van der Waals surface area contributed by atoms with E-state index in [1.54, 1.807) is 38.7 Å². The zero-order valence-corrected chi connectivity index (χ0v) is 78.3. The summed E-state index contributed by atoms with van der Waals surface area (Å²) in [7, 11) is -5.60. The van der Waals surface area contributed by atoms with Gasteiger partial charge >= 0.3 is 20.6 Å². The Morgan fingerprint density at radius 3 is 1.01 bits per heavy atom. The molecule has 0 amide bonds. The molecule has 13 aromatic rings. The fraction of sp³-hybridized carbons (Fsp3) is 0.538. The molecule has 10 N–H and O–H groups in total. The Bertz CT molecular complexity index is 6010. The van der Waals surface area contributed by atoms with Crippen molar-refractivity contribution < 1.29 is 68.3 Å². The highest BCUT2D eigenvalue weighted by atomic mass is 35.7. The van der Waals surface area contributed by atoms with Crippen molar-refractivity contribution in [2.24, 2.45) is 68.7 Å². The lowest BCUT2D eigenvalue weighted by Gasteiger charge is -2.32. The number of benzene rings is 1. The van der Waals surface area contributed by atoms with Crippen LogP contribution >= 0.6 is 10.7 Å². The molecule has 40 heteroatoms. The first-order valence-electron chi connectivity index (χ1n) is 44.3.